The van der Waals surface area contributed by atoms with Gasteiger partial charge in [0.05, 0.1) is 13.4 Å². The standard InChI is InChI=1S/C8H11N3O3/c1-14-8(13)6(9)2-5-3-7(12)11-4-10-5/h3-4,6H,2,9H2,1H3,(H,10,11,12). The molecular weight excluding hydrogens is 186 g/mol. The van der Waals surface area contributed by atoms with Crippen molar-refractivity contribution >= 4 is 5.97 Å². The van der Waals surface area contributed by atoms with Crippen molar-refractivity contribution in [3.05, 3.63) is 28.4 Å². The molecule has 0 aromatic carbocycles. The van der Waals surface area contributed by atoms with Crippen molar-refractivity contribution in [3.8, 4) is 0 Å². The van der Waals surface area contributed by atoms with Gasteiger partial charge >= 0.3 is 5.97 Å². The summed E-state index contributed by atoms with van der Waals surface area (Å²) in [6, 6.07) is 0.511. The highest BCUT2D eigenvalue weighted by atomic mass is 16.5. The molecule has 6 nitrogen and oxygen atoms in total. The molecule has 1 heterocycles. The van der Waals surface area contributed by atoms with E-state index in [0.717, 1.165) is 0 Å². The highest BCUT2D eigenvalue weighted by molar-refractivity contribution is 5.75. The summed E-state index contributed by atoms with van der Waals surface area (Å²) in [7, 11) is 1.26. The largest absolute Gasteiger partial charge is 0.468 e. The van der Waals surface area contributed by atoms with E-state index in [9.17, 15) is 9.59 Å². The van der Waals surface area contributed by atoms with Gasteiger partial charge in [0.25, 0.3) is 5.56 Å². The molecule has 0 aliphatic heterocycles. The molecule has 6 heteroatoms. The first-order valence-corrected chi connectivity index (χ1v) is 4.00. The van der Waals surface area contributed by atoms with Crippen LogP contribution in [-0.2, 0) is 16.0 Å². The number of esters is 1. The van der Waals surface area contributed by atoms with Gasteiger partial charge in [-0.3, -0.25) is 9.59 Å². The fourth-order valence-corrected chi connectivity index (χ4v) is 0.981. The van der Waals surface area contributed by atoms with Crippen LogP contribution in [0.2, 0.25) is 0 Å². The minimum atomic E-state index is -0.783. The lowest BCUT2D eigenvalue weighted by Crippen LogP contribution is -2.34. The van der Waals surface area contributed by atoms with E-state index in [1.54, 1.807) is 0 Å². The maximum Gasteiger partial charge on any atom is 0.323 e. The van der Waals surface area contributed by atoms with Crippen molar-refractivity contribution in [2.75, 3.05) is 7.11 Å². The normalized spacial score (nSPS) is 12.1. The van der Waals surface area contributed by atoms with Crippen LogP contribution in [0, 0.1) is 0 Å². The molecule has 0 bridgehead atoms. The van der Waals surface area contributed by atoms with Crippen LogP contribution in [0.3, 0.4) is 0 Å². The van der Waals surface area contributed by atoms with Gasteiger partial charge < -0.3 is 15.5 Å². The van der Waals surface area contributed by atoms with Gasteiger partial charge in [-0.05, 0) is 0 Å². The topological polar surface area (TPSA) is 98.1 Å². The van der Waals surface area contributed by atoms with Crippen LogP contribution in [0.4, 0.5) is 0 Å². The molecule has 0 aliphatic rings. The number of H-pyrrole nitrogens is 1. The van der Waals surface area contributed by atoms with E-state index in [0.29, 0.717) is 5.69 Å². The molecule has 0 radical (unpaired) electrons. The van der Waals surface area contributed by atoms with Crippen LogP contribution < -0.4 is 11.3 Å². The van der Waals surface area contributed by atoms with Crippen molar-refractivity contribution in [2.45, 2.75) is 12.5 Å². The Morgan fingerprint density at radius 3 is 3.07 bits per heavy atom. The number of hydrogen-bond acceptors (Lipinski definition) is 5. The molecule has 0 spiro atoms. The summed E-state index contributed by atoms with van der Waals surface area (Å²) in [5, 5.41) is 0. The van der Waals surface area contributed by atoms with Gasteiger partial charge in [-0.25, -0.2) is 4.98 Å². The second-order valence-corrected chi connectivity index (χ2v) is 2.74. The van der Waals surface area contributed by atoms with Gasteiger partial charge in [0.1, 0.15) is 6.04 Å². The summed E-state index contributed by atoms with van der Waals surface area (Å²) in [5.41, 5.74) is 5.68. The summed E-state index contributed by atoms with van der Waals surface area (Å²) in [6.07, 6.45) is 1.46. The Bertz CT molecular complexity index is 374. The van der Waals surface area contributed by atoms with Crippen molar-refractivity contribution in [3.63, 3.8) is 0 Å². The molecule has 0 aliphatic carbocycles. The molecule has 0 fully saturated rings. The molecule has 1 rings (SSSR count). The average Bonchev–Trinajstić information content (AvgIpc) is 2.16. The summed E-state index contributed by atoms with van der Waals surface area (Å²) in [4.78, 5) is 28.0. The Hall–Kier alpha value is -1.69. The van der Waals surface area contributed by atoms with Crippen LogP contribution in [0.15, 0.2) is 17.2 Å². The first kappa shape index (κ1) is 10.4. The summed E-state index contributed by atoms with van der Waals surface area (Å²) in [6.45, 7) is 0. The Morgan fingerprint density at radius 1 is 1.79 bits per heavy atom. The molecule has 0 saturated heterocycles. The Kier molecular flexibility index (Phi) is 3.35. The molecule has 1 aromatic rings. The molecule has 1 atom stereocenters. The second-order valence-electron chi connectivity index (χ2n) is 2.74. The number of nitrogens with two attached hydrogens (primary N) is 1. The Morgan fingerprint density at radius 2 is 2.50 bits per heavy atom. The van der Waals surface area contributed by atoms with E-state index >= 15 is 0 Å². The van der Waals surface area contributed by atoms with Crippen LogP contribution in [0.25, 0.3) is 0 Å². The summed E-state index contributed by atoms with van der Waals surface area (Å²) in [5.74, 6) is -0.521. The molecule has 0 saturated carbocycles. The summed E-state index contributed by atoms with van der Waals surface area (Å²) >= 11 is 0. The first-order chi connectivity index (χ1) is 6.63. The van der Waals surface area contributed by atoms with Crippen molar-refractivity contribution < 1.29 is 9.53 Å². The minimum absolute atomic E-state index is 0.191. The van der Waals surface area contributed by atoms with E-state index < -0.39 is 12.0 Å². The van der Waals surface area contributed by atoms with Gasteiger partial charge in [0.2, 0.25) is 0 Å². The molecule has 14 heavy (non-hydrogen) atoms. The van der Waals surface area contributed by atoms with Gasteiger partial charge in [-0.2, -0.15) is 0 Å². The first-order valence-electron chi connectivity index (χ1n) is 4.00. The maximum absolute atomic E-state index is 10.9. The van der Waals surface area contributed by atoms with Crippen LogP contribution in [-0.4, -0.2) is 29.1 Å². The lowest BCUT2D eigenvalue weighted by molar-refractivity contribution is -0.142. The van der Waals surface area contributed by atoms with Crippen LogP contribution in [0.1, 0.15) is 5.69 Å². The number of nitrogens with zero attached hydrogens (tertiary/aromatic N) is 1. The lowest BCUT2D eigenvalue weighted by atomic mass is 10.1. The van der Waals surface area contributed by atoms with Gasteiger partial charge in [0.15, 0.2) is 0 Å². The number of rotatable bonds is 3. The third-order valence-corrected chi connectivity index (χ3v) is 1.67. The van der Waals surface area contributed by atoms with E-state index in [-0.39, 0.29) is 12.0 Å². The zero-order valence-electron chi connectivity index (χ0n) is 7.69. The van der Waals surface area contributed by atoms with Crippen molar-refractivity contribution in [2.24, 2.45) is 5.73 Å². The number of aromatic amines is 1. The fraction of sp³-hybridized carbons (Fsp3) is 0.375. The van der Waals surface area contributed by atoms with Crippen molar-refractivity contribution in [1.29, 1.82) is 0 Å². The molecule has 3 N–H and O–H groups in total. The van der Waals surface area contributed by atoms with Gasteiger partial charge in [-0.15, -0.1) is 0 Å². The monoisotopic (exact) mass is 197 g/mol. The fourth-order valence-electron chi connectivity index (χ4n) is 0.981. The highest BCUT2D eigenvalue weighted by Gasteiger charge is 2.14. The van der Waals surface area contributed by atoms with Crippen LogP contribution >= 0.6 is 0 Å². The predicted molar refractivity (Wildman–Crippen MR) is 48.6 cm³/mol. The number of nitrogens with one attached hydrogen (secondary N) is 1. The van der Waals surface area contributed by atoms with E-state index in [4.69, 9.17) is 5.73 Å². The molecule has 76 valence electrons. The Labute approximate surface area is 80.1 Å². The number of ether oxygens (including phenoxy) is 1. The van der Waals surface area contributed by atoms with E-state index in [2.05, 4.69) is 14.7 Å². The smallest absolute Gasteiger partial charge is 0.323 e. The number of carbonyl (C=O) groups is 1. The maximum atomic E-state index is 10.9. The predicted octanol–water partition coefficient (Wildman–Crippen LogP) is -1.19. The second kappa shape index (κ2) is 4.52. The van der Waals surface area contributed by atoms with E-state index in [1.807, 2.05) is 0 Å². The third kappa shape index (κ3) is 2.67. The SMILES string of the molecule is COC(=O)C(N)Cc1cc(=O)[nH]cn1. The van der Waals surface area contributed by atoms with E-state index in [1.165, 1.54) is 19.5 Å². The minimum Gasteiger partial charge on any atom is -0.468 e. The van der Waals surface area contributed by atoms with Gasteiger partial charge in [-0.1, -0.05) is 0 Å². The third-order valence-electron chi connectivity index (χ3n) is 1.67. The quantitative estimate of drug-likeness (QED) is 0.594. The Balaban J connectivity index is 2.69. The number of carbonyl (C=O) groups excluding carboxylic acids is 1. The molecular formula is C8H11N3O3. The number of aromatic nitrogens is 2. The molecule has 1 aromatic heterocycles. The zero-order chi connectivity index (χ0) is 10.6. The van der Waals surface area contributed by atoms with Gasteiger partial charge in [0, 0.05) is 18.2 Å². The average molecular weight is 197 g/mol. The molecule has 1 unspecified atom stereocenters. The summed E-state index contributed by atoms with van der Waals surface area (Å²) < 4.78 is 4.44. The molecule has 0 amide bonds. The lowest BCUT2D eigenvalue weighted by Gasteiger charge is -2.07. The van der Waals surface area contributed by atoms with Crippen molar-refractivity contribution in [1.82, 2.24) is 9.97 Å². The zero-order valence-corrected chi connectivity index (χ0v) is 7.69. The highest BCUT2D eigenvalue weighted by Crippen LogP contribution is 1.95. The number of methoxy groups -OCH3 is 1. The van der Waals surface area contributed by atoms with Crippen LogP contribution in [0.5, 0.6) is 0 Å². The number of hydrogen-bond donors (Lipinski definition) is 2.